The zero-order chi connectivity index (χ0) is 24.8. The fourth-order valence-corrected chi connectivity index (χ4v) is 4.87. The SMILES string of the molecule is CCN(CCCNC(=O)[C@H]1c2ccccc2C(=O)N(C)[C@H]1c1ccc(OC)cc1)c1ccccc1. The van der Waals surface area contributed by atoms with E-state index in [-0.39, 0.29) is 11.8 Å². The first-order valence-electron chi connectivity index (χ1n) is 12.1. The molecule has 0 fully saturated rings. The molecule has 0 radical (unpaired) electrons. The molecule has 0 aliphatic carbocycles. The molecule has 0 bridgehead atoms. The average molecular weight is 472 g/mol. The standard InChI is InChI=1S/C29H33N3O3/c1-4-32(22-11-6-5-7-12-22)20-10-19-30-28(33)26-24-13-8-9-14-25(24)29(34)31(2)27(26)21-15-17-23(35-3)18-16-21/h5-9,11-18,26-27H,4,10,19-20H2,1-3H3,(H,30,33)/t26-,27-/m0/s1. The van der Waals surface area contributed by atoms with E-state index in [0.717, 1.165) is 36.4 Å². The molecule has 182 valence electrons. The van der Waals surface area contributed by atoms with E-state index in [4.69, 9.17) is 4.74 Å². The van der Waals surface area contributed by atoms with Crippen molar-refractivity contribution in [3.05, 3.63) is 95.6 Å². The number of methoxy groups -OCH3 is 1. The van der Waals surface area contributed by atoms with Gasteiger partial charge >= 0.3 is 0 Å². The number of fused-ring (bicyclic) bond motifs is 1. The fourth-order valence-electron chi connectivity index (χ4n) is 4.87. The van der Waals surface area contributed by atoms with Crippen LogP contribution in [0, 0.1) is 0 Å². The van der Waals surface area contributed by atoms with Crippen LogP contribution in [0.4, 0.5) is 5.69 Å². The second kappa shape index (κ2) is 11.1. The van der Waals surface area contributed by atoms with Crippen molar-refractivity contribution in [2.75, 3.05) is 38.7 Å². The summed E-state index contributed by atoms with van der Waals surface area (Å²) in [5, 5.41) is 3.15. The number of carbonyl (C=O) groups is 2. The highest BCUT2D eigenvalue weighted by Crippen LogP contribution is 2.42. The van der Waals surface area contributed by atoms with Crippen LogP contribution in [0.5, 0.6) is 5.75 Å². The van der Waals surface area contributed by atoms with E-state index in [1.165, 1.54) is 5.69 Å². The maximum Gasteiger partial charge on any atom is 0.254 e. The highest BCUT2D eigenvalue weighted by Gasteiger charge is 2.42. The van der Waals surface area contributed by atoms with Crippen molar-refractivity contribution in [2.45, 2.75) is 25.3 Å². The molecule has 3 aromatic carbocycles. The summed E-state index contributed by atoms with van der Waals surface area (Å²) in [5.74, 6) is 0.0878. The molecular weight excluding hydrogens is 438 g/mol. The number of hydrogen-bond donors (Lipinski definition) is 1. The van der Waals surface area contributed by atoms with Crippen LogP contribution >= 0.6 is 0 Å². The fraction of sp³-hybridized carbons (Fsp3) is 0.310. The van der Waals surface area contributed by atoms with Crippen molar-refractivity contribution >= 4 is 17.5 Å². The topological polar surface area (TPSA) is 61.9 Å². The number of hydrogen-bond acceptors (Lipinski definition) is 4. The molecule has 0 unspecified atom stereocenters. The van der Waals surface area contributed by atoms with E-state index in [1.807, 2.05) is 60.7 Å². The Bertz CT molecular complexity index is 1150. The number of ether oxygens (including phenoxy) is 1. The van der Waals surface area contributed by atoms with Crippen molar-refractivity contribution in [1.82, 2.24) is 10.2 Å². The zero-order valence-corrected chi connectivity index (χ0v) is 20.6. The largest absolute Gasteiger partial charge is 0.497 e. The molecule has 0 saturated heterocycles. The first kappa shape index (κ1) is 24.3. The van der Waals surface area contributed by atoms with E-state index < -0.39 is 12.0 Å². The number of para-hydroxylation sites is 1. The molecule has 2 atom stereocenters. The van der Waals surface area contributed by atoms with Crippen LogP contribution in [0.1, 0.15) is 46.8 Å². The van der Waals surface area contributed by atoms with Crippen molar-refractivity contribution < 1.29 is 14.3 Å². The third-order valence-corrected chi connectivity index (χ3v) is 6.73. The van der Waals surface area contributed by atoms with E-state index >= 15 is 0 Å². The minimum absolute atomic E-state index is 0.0691. The minimum Gasteiger partial charge on any atom is -0.497 e. The summed E-state index contributed by atoms with van der Waals surface area (Å²) in [4.78, 5) is 30.8. The Morgan fingerprint density at radius 3 is 2.37 bits per heavy atom. The first-order valence-corrected chi connectivity index (χ1v) is 12.1. The van der Waals surface area contributed by atoms with E-state index in [9.17, 15) is 9.59 Å². The van der Waals surface area contributed by atoms with Gasteiger partial charge in [0.2, 0.25) is 5.91 Å². The van der Waals surface area contributed by atoms with Crippen LogP contribution < -0.4 is 15.0 Å². The molecule has 6 nitrogen and oxygen atoms in total. The molecule has 0 aromatic heterocycles. The molecular formula is C29H33N3O3. The maximum atomic E-state index is 13.6. The van der Waals surface area contributed by atoms with Crippen LogP contribution in [0.3, 0.4) is 0 Å². The lowest BCUT2D eigenvalue weighted by Gasteiger charge is -2.39. The van der Waals surface area contributed by atoms with Gasteiger partial charge in [-0.05, 0) is 54.8 Å². The average Bonchev–Trinajstić information content (AvgIpc) is 2.91. The summed E-state index contributed by atoms with van der Waals surface area (Å²) in [6.45, 7) is 4.45. The summed E-state index contributed by atoms with van der Waals surface area (Å²) < 4.78 is 5.30. The van der Waals surface area contributed by atoms with E-state index in [2.05, 4.69) is 29.3 Å². The van der Waals surface area contributed by atoms with Gasteiger partial charge in [-0.15, -0.1) is 0 Å². The lowest BCUT2D eigenvalue weighted by molar-refractivity contribution is -0.124. The Kier molecular flexibility index (Phi) is 7.70. The molecule has 35 heavy (non-hydrogen) atoms. The van der Waals surface area contributed by atoms with Crippen molar-refractivity contribution in [1.29, 1.82) is 0 Å². The number of nitrogens with one attached hydrogen (secondary N) is 1. The van der Waals surface area contributed by atoms with Crippen molar-refractivity contribution in [3.8, 4) is 5.75 Å². The van der Waals surface area contributed by atoms with Gasteiger partial charge in [-0.2, -0.15) is 0 Å². The minimum atomic E-state index is -0.501. The summed E-state index contributed by atoms with van der Waals surface area (Å²) >= 11 is 0. The van der Waals surface area contributed by atoms with Crippen LogP contribution in [-0.2, 0) is 4.79 Å². The Labute approximate surface area is 207 Å². The van der Waals surface area contributed by atoms with Gasteiger partial charge in [0.1, 0.15) is 5.75 Å². The van der Waals surface area contributed by atoms with Crippen molar-refractivity contribution in [2.24, 2.45) is 0 Å². The molecule has 0 saturated carbocycles. The molecule has 1 N–H and O–H groups in total. The Morgan fingerprint density at radius 2 is 1.69 bits per heavy atom. The van der Waals surface area contributed by atoms with Crippen molar-refractivity contribution in [3.63, 3.8) is 0 Å². The highest BCUT2D eigenvalue weighted by atomic mass is 16.5. The number of benzene rings is 3. The third kappa shape index (κ3) is 5.16. The number of nitrogens with zero attached hydrogens (tertiary/aromatic N) is 2. The molecule has 3 aromatic rings. The highest BCUT2D eigenvalue weighted by molar-refractivity contribution is 6.01. The quantitative estimate of drug-likeness (QED) is 0.462. The predicted molar refractivity (Wildman–Crippen MR) is 139 cm³/mol. The van der Waals surface area contributed by atoms with Crippen LogP contribution in [0.25, 0.3) is 0 Å². The molecule has 6 heteroatoms. The number of amides is 2. The number of anilines is 1. The molecule has 0 spiro atoms. The Hall–Kier alpha value is -3.80. The second-order valence-corrected chi connectivity index (χ2v) is 8.76. The monoisotopic (exact) mass is 471 g/mol. The summed E-state index contributed by atoms with van der Waals surface area (Å²) in [7, 11) is 3.39. The normalized spacial score (nSPS) is 17.0. The Morgan fingerprint density at radius 1 is 1.00 bits per heavy atom. The van der Waals surface area contributed by atoms with Gasteiger partial charge < -0.3 is 19.9 Å². The summed E-state index contributed by atoms with van der Waals surface area (Å²) in [6, 6.07) is 24.9. The van der Waals surface area contributed by atoms with Gasteiger partial charge in [-0.25, -0.2) is 0 Å². The molecule has 1 heterocycles. The van der Waals surface area contributed by atoms with E-state index in [0.29, 0.717) is 12.1 Å². The van der Waals surface area contributed by atoms with Crippen LogP contribution in [0.15, 0.2) is 78.9 Å². The zero-order valence-electron chi connectivity index (χ0n) is 20.6. The second-order valence-electron chi connectivity index (χ2n) is 8.76. The summed E-state index contributed by atoms with van der Waals surface area (Å²) in [5.41, 5.74) is 3.44. The van der Waals surface area contributed by atoms with Gasteiger partial charge in [0.25, 0.3) is 5.91 Å². The van der Waals surface area contributed by atoms with Gasteiger partial charge in [0, 0.05) is 37.9 Å². The van der Waals surface area contributed by atoms with Gasteiger partial charge in [-0.3, -0.25) is 9.59 Å². The lowest BCUT2D eigenvalue weighted by Crippen LogP contribution is -2.46. The molecule has 1 aliphatic heterocycles. The number of carbonyl (C=O) groups excluding carboxylic acids is 2. The maximum absolute atomic E-state index is 13.6. The molecule has 2 amide bonds. The van der Waals surface area contributed by atoms with Gasteiger partial charge in [0.15, 0.2) is 0 Å². The molecule has 4 rings (SSSR count). The first-order chi connectivity index (χ1) is 17.0. The molecule has 1 aliphatic rings. The van der Waals surface area contributed by atoms with Crippen LogP contribution in [0.2, 0.25) is 0 Å². The Balaban J connectivity index is 1.52. The lowest BCUT2D eigenvalue weighted by atomic mass is 9.79. The van der Waals surface area contributed by atoms with Crippen LogP contribution in [-0.4, -0.2) is 50.5 Å². The van der Waals surface area contributed by atoms with Gasteiger partial charge in [-0.1, -0.05) is 48.5 Å². The third-order valence-electron chi connectivity index (χ3n) is 6.73. The smallest absolute Gasteiger partial charge is 0.254 e. The predicted octanol–water partition coefficient (Wildman–Crippen LogP) is 4.64. The summed E-state index contributed by atoms with van der Waals surface area (Å²) in [6.07, 6.45) is 0.824. The number of rotatable bonds is 9. The van der Waals surface area contributed by atoms with Gasteiger partial charge in [0.05, 0.1) is 19.1 Å². The number of likely N-dealkylation sites (N-methyl/N-ethyl adjacent to an activating group) is 1. The van der Waals surface area contributed by atoms with E-state index in [1.54, 1.807) is 25.1 Å².